The predicted molar refractivity (Wildman–Crippen MR) is 82.7 cm³/mol. The second-order valence-corrected chi connectivity index (χ2v) is 6.15. The average molecular weight is 290 g/mol. The van der Waals surface area contributed by atoms with E-state index in [0.717, 1.165) is 17.5 Å². The third-order valence-electron chi connectivity index (χ3n) is 3.70. The summed E-state index contributed by atoms with van der Waals surface area (Å²) in [5.74, 6) is 0.175. The molecule has 114 valence electrons. The van der Waals surface area contributed by atoms with Crippen LogP contribution < -0.4 is 4.90 Å². The lowest BCUT2D eigenvalue weighted by molar-refractivity contribution is -0.862. The zero-order chi connectivity index (χ0) is 15.6. The van der Waals surface area contributed by atoms with Crippen LogP contribution in [0.25, 0.3) is 11.0 Å². The van der Waals surface area contributed by atoms with E-state index in [4.69, 9.17) is 9.15 Å². The molecule has 2 aromatic rings. The maximum atomic E-state index is 12.2. The summed E-state index contributed by atoms with van der Waals surface area (Å²) in [5.41, 5.74) is 1.85. The van der Waals surface area contributed by atoms with Gasteiger partial charge in [-0.3, -0.25) is 0 Å². The second-order valence-electron chi connectivity index (χ2n) is 6.15. The summed E-state index contributed by atoms with van der Waals surface area (Å²) in [7, 11) is 4.18. The fourth-order valence-electron chi connectivity index (χ4n) is 2.42. The number of ether oxygens (including phenoxy) is 1. The molecule has 0 aliphatic heterocycles. The predicted octanol–water partition coefficient (Wildman–Crippen LogP) is 2.07. The van der Waals surface area contributed by atoms with E-state index in [2.05, 4.69) is 21.0 Å². The van der Waals surface area contributed by atoms with Crippen molar-refractivity contribution in [1.82, 2.24) is 0 Å². The molecule has 0 spiro atoms. The molecule has 1 heterocycles. The van der Waals surface area contributed by atoms with Crippen molar-refractivity contribution >= 4 is 16.9 Å². The number of furan rings is 1. The van der Waals surface area contributed by atoms with Gasteiger partial charge in [-0.1, -0.05) is 18.6 Å². The molecule has 4 nitrogen and oxygen atoms in total. The highest BCUT2D eigenvalue weighted by Gasteiger charge is 2.22. The van der Waals surface area contributed by atoms with Gasteiger partial charge in [0.2, 0.25) is 5.76 Å². The third kappa shape index (κ3) is 3.85. The summed E-state index contributed by atoms with van der Waals surface area (Å²) in [6, 6.07) is 7.59. The Bertz CT molecular complexity index is 630. The van der Waals surface area contributed by atoms with Gasteiger partial charge in [0.15, 0.2) is 0 Å². The van der Waals surface area contributed by atoms with E-state index in [0.29, 0.717) is 11.5 Å². The smallest absolute Gasteiger partial charge is 0.374 e. The molecular formula is C17H24NO3+. The monoisotopic (exact) mass is 290 g/mol. The summed E-state index contributed by atoms with van der Waals surface area (Å²) in [6.07, 6.45) is -0.137. The molecule has 1 N–H and O–H groups in total. The summed E-state index contributed by atoms with van der Waals surface area (Å²) >= 11 is 0. The van der Waals surface area contributed by atoms with E-state index >= 15 is 0 Å². The van der Waals surface area contributed by atoms with Crippen LogP contribution in [-0.4, -0.2) is 32.7 Å². The normalized spacial score (nSPS) is 14.4. The van der Waals surface area contributed by atoms with Crippen LogP contribution in [-0.2, 0) is 4.74 Å². The van der Waals surface area contributed by atoms with Gasteiger partial charge >= 0.3 is 5.97 Å². The highest BCUT2D eigenvalue weighted by molar-refractivity contribution is 5.92. The first kappa shape index (κ1) is 15.6. The Morgan fingerprint density at radius 3 is 2.67 bits per heavy atom. The van der Waals surface area contributed by atoms with Gasteiger partial charge in [-0.15, -0.1) is 0 Å². The summed E-state index contributed by atoms with van der Waals surface area (Å²) < 4.78 is 11.1. The molecule has 0 amide bonds. The SMILES string of the molecule is Cc1ccc2oc(C(=O)O[C@H](C)[C@@H](C)C[NH+](C)C)cc2c1. The van der Waals surface area contributed by atoms with E-state index in [-0.39, 0.29) is 11.9 Å². The number of quaternary nitrogens is 1. The number of hydrogen-bond acceptors (Lipinski definition) is 3. The Labute approximate surface area is 125 Å². The maximum Gasteiger partial charge on any atom is 0.374 e. The number of carbonyl (C=O) groups is 1. The van der Waals surface area contributed by atoms with Gasteiger partial charge in [-0.2, -0.15) is 0 Å². The standard InChI is InChI=1S/C17H23NO3/c1-11-6-7-15-14(8-11)9-16(21-15)17(19)20-13(3)12(2)10-18(4)5/h6-9,12-13H,10H2,1-5H3/p+1/t12-,13+/m0/s1. The number of aryl methyl sites for hydroxylation is 1. The Hall–Kier alpha value is -1.81. The summed E-state index contributed by atoms with van der Waals surface area (Å²) in [6.45, 7) is 6.98. The van der Waals surface area contributed by atoms with Gasteiger partial charge in [0.1, 0.15) is 11.7 Å². The first-order valence-corrected chi connectivity index (χ1v) is 7.37. The summed E-state index contributed by atoms with van der Waals surface area (Å²) in [4.78, 5) is 13.5. The van der Waals surface area contributed by atoms with Crippen LogP contribution in [0.15, 0.2) is 28.7 Å². The van der Waals surface area contributed by atoms with E-state index < -0.39 is 5.97 Å². The number of nitrogens with one attached hydrogen (secondary N) is 1. The van der Waals surface area contributed by atoms with E-state index in [1.54, 1.807) is 6.07 Å². The zero-order valence-electron chi connectivity index (χ0n) is 13.4. The van der Waals surface area contributed by atoms with E-state index in [9.17, 15) is 4.79 Å². The zero-order valence-corrected chi connectivity index (χ0v) is 13.4. The molecule has 21 heavy (non-hydrogen) atoms. The molecule has 1 aromatic carbocycles. The molecule has 4 heteroatoms. The topological polar surface area (TPSA) is 43.9 Å². The molecule has 2 rings (SSSR count). The molecule has 0 aliphatic carbocycles. The highest BCUT2D eigenvalue weighted by Crippen LogP contribution is 2.22. The maximum absolute atomic E-state index is 12.2. The van der Waals surface area contributed by atoms with Crippen molar-refractivity contribution in [3.05, 3.63) is 35.6 Å². The van der Waals surface area contributed by atoms with Gasteiger partial charge in [0.25, 0.3) is 0 Å². The van der Waals surface area contributed by atoms with Crippen LogP contribution in [0.3, 0.4) is 0 Å². The van der Waals surface area contributed by atoms with Crippen LogP contribution in [0.1, 0.15) is 30.0 Å². The fraction of sp³-hybridized carbons (Fsp3) is 0.471. The van der Waals surface area contributed by atoms with Crippen molar-refractivity contribution in [3.63, 3.8) is 0 Å². The van der Waals surface area contributed by atoms with Crippen molar-refractivity contribution in [2.75, 3.05) is 20.6 Å². The molecule has 0 saturated carbocycles. The minimum absolute atomic E-state index is 0.137. The number of hydrogen-bond donors (Lipinski definition) is 1. The van der Waals surface area contributed by atoms with Crippen LogP contribution in [0.2, 0.25) is 0 Å². The molecule has 0 saturated heterocycles. The molecular weight excluding hydrogens is 266 g/mol. The van der Waals surface area contributed by atoms with Gasteiger partial charge in [0, 0.05) is 11.3 Å². The lowest BCUT2D eigenvalue weighted by atomic mass is 10.1. The summed E-state index contributed by atoms with van der Waals surface area (Å²) in [5, 5.41) is 0.931. The Kier molecular flexibility index (Phi) is 4.68. The van der Waals surface area contributed by atoms with Crippen LogP contribution in [0, 0.1) is 12.8 Å². The lowest BCUT2D eigenvalue weighted by Crippen LogP contribution is -3.06. The lowest BCUT2D eigenvalue weighted by Gasteiger charge is -2.21. The van der Waals surface area contributed by atoms with E-state index in [1.165, 1.54) is 4.90 Å². The number of benzene rings is 1. The molecule has 0 bridgehead atoms. The molecule has 0 radical (unpaired) electrons. The van der Waals surface area contributed by atoms with Crippen molar-refractivity contribution in [3.8, 4) is 0 Å². The van der Waals surface area contributed by atoms with Crippen LogP contribution in [0.5, 0.6) is 0 Å². The van der Waals surface area contributed by atoms with Crippen LogP contribution in [0.4, 0.5) is 0 Å². The molecule has 2 atom stereocenters. The number of carbonyl (C=O) groups excluding carboxylic acids is 1. The highest BCUT2D eigenvalue weighted by atomic mass is 16.6. The Morgan fingerprint density at radius 1 is 1.29 bits per heavy atom. The first-order chi connectivity index (χ1) is 9.86. The molecule has 0 unspecified atom stereocenters. The van der Waals surface area contributed by atoms with E-state index in [1.807, 2.05) is 32.0 Å². The molecule has 0 aliphatic rings. The van der Waals surface area contributed by atoms with Crippen molar-refractivity contribution in [2.45, 2.75) is 26.9 Å². The third-order valence-corrected chi connectivity index (χ3v) is 3.70. The minimum atomic E-state index is -0.392. The average Bonchev–Trinajstić information content (AvgIpc) is 2.80. The van der Waals surface area contributed by atoms with Gasteiger partial charge < -0.3 is 14.1 Å². The Balaban J connectivity index is 2.08. The number of esters is 1. The largest absolute Gasteiger partial charge is 0.456 e. The van der Waals surface area contributed by atoms with Crippen molar-refractivity contribution in [1.29, 1.82) is 0 Å². The number of rotatable bonds is 5. The quantitative estimate of drug-likeness (QED) is 0.857. The van der Waals surface area contributed by atoms with Crippen molar-refractivity contribution < 1.29 is 18.8 Å². The second kappa shape index (κ2) is 6.31. The van der Waals surface area contributed by atoms with Gasteiger partial charge in [-0.25, -0.2) is 4.79 Å². The van der Waals surface area contributed by atoms with Gasteiger partial charge in [0.05, 0.1) is 20.6 Å². The fourth-order valence-corrected chi connectivity index (χ4v) is 2.42. The molecule has 1 aromatic heterocycles. The van der Waals surface area contributed by atoms with Gasteiger partial charge in [-0.05, 0) is 32.0 Å². The number of fused-ring (bicyclic) bond motifs is 1. The first-order valence-electron chi connectivity index (χ1n) is 7.37. The van der Waals surface area contributed by atoms with Crippen molar-refractivity contribution in [2.24, 2.45) is 5.92 Å². The Morgan fingerprint density at radius 2 is 2.00 bits per heavy atom. The minimum Gasteiger partial charge on any atom is -0.456 e. The van der Waals surface area contributed by atoms with Crippen LogP contribution >= 0.6 is 0 Å². The molecule has 0 fully saturated rings.